The minimum Gasteiger partial charge on any atom is -0.432 e. The number of oxazole rings is 1. The SMILES string of the molecule is O=Cc1c(-c2ccc(F)cc2)nc2occn12. The fraction of sp³-hybridized carbons (Fsp3) is 0. The van der Waals surface area contributed by atoms with Crippen LogP contribution < -0.4 is 0 Å². The van der Waals surface area contributed by atoms with Crippen LogP contribution in [0, 0.1) is 5.82 Å². The molecule has 3 aromatic rings. The van der Waals surface area contributed by atoms with Crippen molar-refractivity contribution in [2.75, 3.05) is 0 Å². The lowest BCUT2D eigenvalue weighted by Gasteiger charge is -1.97. The molecule has 5 heteroatoms. The molecule has 0 fully saturated rings. The van der Waals surface area contributed by atoms with Gasteiger partial charge >= 0.3 is 5.84 Å². The van der Waals surface area contributed by atoms with Gasteiger partial charge in [0, 0.05) is 11.8 Å². The summed E-state index contributed by atoms with van der Waals surface area (Å²) in [6, 6.07) is 5.80. The molecule has 0 unspecified atom stereocenters. The number of halogens is 1. The lowest BCUT2D eigenvalue weighted by atomic mass is 10.1. The fourth-order valence-electron chi connectivity index (χ4n) is 1.74. The molecule has 0 aliphatic rings. The van der Waals surface area contributed by atoms with Gasteiger partial charge in [0.1, 0.15) is 23.5 Å². The molecular formula is C12H7FN2O2. The van der Waals surface area contributed by atoms with E-state index in [0.717, 1.165) is 0 Å². The number of rotatable bonds is 2. The number of fused-ring (bicyclic) bond motifs is 1. The summed E-state index contributed by atoms with van der Waals surface area (Å²) < 4.78 is 19.5. The maximum absolute atomic E-state index is 12.8. The van der Waals surface area contributed by atoms with E-state index < -0.39 is 0 Å². The van der Waals surface area contributed by atoms with E-state index in [2.05, 4.69) is 4.98 Å². The molecule has 1 aromatic carbocycles. The van der Waals surface area contributed by atoms with Crippen molar-refractivity contribution in [2.45, 2.75) is 0 Å². The molecule has 0 atom stereocenters. The van der Waals surface area contributed by atoms with Gasteiger partial charge in [0.15, 0.2) is 6.29 Å². The summed E-state index contributed by atoms with van der Waals surface area (Å²) in [7, 11) is 0. The zero-order valence-electron chi connectivity index (χ0n) is 8.63. The number of hydrogen-bond acceptors (Lipinski definition) is 3. The highest BCUT2D eigenvalue weighted by Gasteiger charge is 2.14. The van der Waals surface area contributed by atoms with Crippen LogP contribution in [0.2, 0.25) is 0 Å². The average molecular weight is 230 g/mol. The van der Waals surface area contributed by atoms with E-state index in [1.165, 1.54) is 18.4 Å². The monoisotopic (exact) mass is 230 g/mol. The van der Waals surface area contributed by atoms with Gasteiger partial charge in [0.05, 0.1) is 0 Å². The van der Waals surface area contributed by atoms with Gasteiger partial charge < -0.3 is 4.42 Å². The van der Waals surface area contributed by atoms with E-state index in [4.69, 9.17) is 4.42 Å². The normalized spacial score (nSPS) is 10.9. The highest BCUT2D eigenvalue weighted by molar-refractivity contribution is 5.85. The molecule has 0 bridgehead atoms. The van der Waals surface area contributed by atoms with E-state index in [-0.39, 0.29) is 5.82 Å². The highest BCUT2D eigenvalue weighted by Crippen LogP contribution is 2.23. The summed E-state index contributed by atoms with van der Waals surface area (Å²) in [5.41, 5.74) is 1.55. The molecule has 0 aliphatic heterocycles. The minimum absolute atomic E-state index is 0.329. The number of carbonyl (C=O) groups is 1. The number of aromatic nitrogens is 2. The molecule has 4 nitrogen and oxygen atoms in total. The maximum atomic E-state index is 12.8. The first kappa shape index (κ1) is 9.77. The third-order valence-electron chi connectivity index (χ3n) is 2.53. The Bertz CT molecular complexity index is 682. The Morgan fingerprint density at radius 3 is 2.76 bits per heavy atom. The number of hydrogen-bond donors (Lipinski definition) is 0. The smallest absolute Gasteiger partial charge is 0.306 e. The molecule has 0 N–H and O–H groups in total. The van der Waals surface area contributed by atoms with Crippen molar-refractivity contribution in [2.24, 2.45) is 0 Å². The summed E-state index contributed by atoms with van der Waals surface area (Å²) in [5, 5.41) is 0. The van der Waals surface area contributed by atoms with Crippen LogP contribution in [-0.4, -0.2) is 15.7 Å². The van der Waals surface area contributed by atoms with E-state index in [1.54, 1.807) is 22.7 Å². The molecule has 2 heterocycles. The summed E-state index contributed by atoms with van der Waals surface area (Å²) in [6.45, 7) is 0. The van der Waals surface area contributed by atoms with Crippen molar-refractivity contribution >= 4 is 12.1 Å². The van der Waals surface area contributed by atoms with Crippen molar-refractivity contribution in [3.63, 3.8) is 0 Å². The first-order valence-electron chi connectivity index (χ1n) is 4.96. The molecule has 84 valence electrons. The third kappa shape index (κ3) is 1.44. The minimum atomic E-state index is -0.329. The predicted octanol–water partition coefficient (Wildman–Crippen LogP) is 2.55. The van der Waals surface area contributed by atoms with Gasteiger partial charge in [-0.3, -0.25) is 9.20 Å². The van der Waals surface area contributed by atoms with Gasteiger partial charge in [-0.1, -0.05) is 0 Å². The number of benzene rings is 1. The van der Waals surface area contributed by atoms with Crippen LogP contribution in [0.15, 0.2) is 41.1 Å². The van der Waals surface area contributed by atoms with E-state index in [9.17, 15) is 9.18 Å². The average Bonchev–Trinajstić information content (AvgIpc) is 2.89. The molecule has 0 spiro atoms. The second-order valence-electron chi connectivity index (χ2n) is 3.53. The quantitative estimate of drug-likeness (QED) is 0.635. The van der Waals surface area contributed by atoms with Gasteiger partial charge in [0.25, 0.3) is 0 Å². The molecule has 3 rings (SSSR count). The molecule has 0 saturated carbocycles. The largest absolute Gasteiger partial charge is 0.432 e. The maximum Gasteiger partial charge on any atom is 0.306 e. The standard InChI is InChI=1S/C12H7FN2O2/c13-9-3-1-8(2-4-9)11-10(7-16)15-5-6-17-12(15)14-11/h1-7H. The second-order valence-corrected chi connectivity index (χ2v) is 3.53. The fourth-order valence-corrected chi connectivity index (χ4v) is 1.74. The molecule has 2 aromatic heterocycles. The van der Waals surface area contributed by atoms with Crippen LogP contribution in [0.5, 0.6) is 0 Å². The lowest BCUT2D eigenvalue weighted by Crippen LogP contribution is -1.90. The van der Waals surface area contributed by atoms with Crippen molar-refractivity contribution in [3.05, 3.63) is 48.2 Å². The molecule has 0 aliphatic carbocycles. The van der Waals surface area contributed by atoms with Gasteiger partial charge in [0.2, 0.25) is 0 Å². The third-order valence-corrected chi connectivity index (χ3v) is 2.53. The Balaban J connectivity index is 2.25. The van der Waals surface area contributed by atoms with Crippen LogP contribution in [0.3, 0.4) is 0 Å². The highest BCUT2D eigenvalue weighted by atomic mass is 19.1. The Morgan fingerprint density at radius 1 is 1.29 bits per heavy atom. The molecule has 17 heavy (non-hydrogen) atoms. The van der Waals surface area contributed by atoms with E-state index in [1.807, 2.05) is 0 Å². The first-order chi connectivity index (χ1) is 8.29. The van der Waals surface area contributed by atoms with Gasteiger partial charge in [-0.05, 0) is 24.3 Å². The second kappa shape index (κ2) is 3.55. The Morgan fingerprint density at radius 2 is 2.06 bits per heavy atom. The number of carbonyl (C=O) groups excluding carboxylic acids is 1. The number of aldehydes is 1. The number of nitrogens with zero attached hydrogens (tertiary/aromatic N) is 2. The van der Waals surface area contributed by atoms with Crippen LogP contribution >= 0.6 is 0 Å². The topological polar surface area (TPSA) is 47.5 Å². The van der Waals surface area contributed by atoms with Crippen molar-refractivity contribution in [1.29, 1.82) is 0 Å². The summed E-state index contributed by atoms with van der Waals surface area (Å²) in [6.07, 6.45) is 3.76. The summed E-state index contributed by atoms with van der Waals surface area (Å²) in [4.78, 5) is 15.3. The molecule has 0 radical (unpaired) electrons. The Kier molecular flexibility index (Phi) is 2.04. The van der Waals surface area contributed by atoms with Gasteiger partial charge in [-0.2, -0.15) is 4.98 Å². The van der Waals surface area contributed by atoms with Crippen LogP contribution in [0.25, 0.3) is 17.1 Å². The van der Waals surface area contributed by atoms with Gasteiger partial charge in [-0.15, -0.1) is 0 Å². The van der Waals surface area contributed by atoms with Crippen molar-refractivity contribution < 1.29 is 13.6 Å². The zero-order chi connectivity index (χ0) is 11.8. The Labute approximate surface area is 95.3 Å². The molecule has 0 saturated heterocycles. The van der Waals surface area contributed by atoms with Crippen molar-refractivity contribution in [3.8, 4) is 11.3 Å². The van der Waals surface area contributed by atoms with E-state index in [0.29, 0.717) is 29.1 Å². The van der Waals surface area contributed by atoms with Gasteiger partial charge in [-0.25, -0.2) is 4.39 Å². The first-order valence-corrected chi connectivity index (χ1v) is 4.96. The summed E-state index contributed by atoms with van der Waals surface area (Å²) >= 11 is 0. The van der Waals surface area contributed by atoms with Crippen LogP contribution in [0.4, 0.5) is 4.39 Å². The number of imidazole rings is 1. The molecule has 0 amide bonds. The molecular weight excluding hydrogens is 223 g/mol. The lowest BCUT2D eigenvalue weighted by molar-refractivity contribution is 0.111. The van der Waals surface area contributed by atoms with Crippen LogP contribution in [0.1, 0.15) is 10.5 Å². The predicted molar refractivity (Wildman–Crippen MR) is 58.2 cm³/mol. The van der Waals surface area contributed by atoms with Crippen molar-refractivity contribution in [1.82, 2.24) is 9.38 Å². The van der Waals surface area contributed by atoms with Crippen LogP contribution in [-0.2, 0) is 0 Å². The summed E-state index contributed by atoms with van der Waals surface area (Å²) in [5.74, 6) is 0.00993. The Hall–Kier alpha value is -2.43. The van der Waals surface area contributed by atoms with E-state index >= 15 is 0 Å². The zero-order valence-corrected chi connectivity index (χ0v) is 8.63.